The second-order valence-corrected chi connectivity index (χ2v) is 4.82. The van der Waals surface area contributed by atoms with Gasteiger partial charge in [0.25, 0.3) is 0 Å². The van der Waals surface area contributed by atoms with E-state index in [4.69, 9.17) is 28.4 Å². The van der Waals surface area contributed by atoms with Gasteiger partial charge in [-0.3, -0.25) is 14.7 Å². The molecule has 0 spiro atoms. The minimum absolute atomic E-state index is 0.260. The lowest BCUT2D eigenvalue weighted by Crippen LogP contribution is -2.51. The van der Waals surface area contributed by atoms with E-state index in [2.05, 4.69) is 4.98 Å². The fourth-order valence-corrected chi connectivity index (χ4v) is 2.14. The molecule has 1 unspecified atom stereocenters. The van der Waals surface area contributed by atoms with Crippen LogP contribution in [0.2, 0.25) is 0 Å². The van der Waals surface area contributed by atoms with Gasteiger partial charge >= 0.3 is 0 Å². The predicted octanol–water partition coefficient (Wildman–Crippen LogP) is -0.598. The zero-order valence-corrected chi connectivity index (χ0v) is 11.2. The van der Waals surface area contributed by atoms with Crippen molar-refractivity contribution >= 4 is 23.1 Å². The molecule has 1 amide bonds. The number of amides is 1. The number of morpholine rings is 1. The van der Waals surface area contributed by atoms with Crippen LogP contribution in [-0.2, 0) is 16.1 Å². The monoisotopic (exact) mass is 280 g/mol. The average molecular weight is 280 g/mol. The third kappa shape index (κ3) is 3.46. The third-order valence-electron chi connectivity index (χ3n) is 3.03. The van der Waals surface area contributed by atoms with Gasteiger partial charge in [0.2, 0.25) is 5.91 Å². The highest BCUT2D eigenvalue weighted by atomic mass is 32.1. The maximum Gasteiger partial charge on any atom is 0.237 e. The Morgan fingerprint density at radius 1 is 1.58 bits per heavy atom. The summed E-state index contributed by atoms with van der Waals surface area (Å²) >= 11 is 4.90. The summed E-state index contributed by atoms with van der Waals surface area (Å²) < 4.78 is 5.28. The number of pyridine rings is 1. The van der Waals surface area contributed by atoms with Crippen LogP contribution in [0.25, 0.3) is 0 Å². The molecule has 0 radical (unpaired) electrons. The van der Waals surface area contributed by atoms with Crippen LogP contribution in [0.5, 0.6) is 0 Å². The number of carbonyl (C=O) groups excluding carboxylic acids is 1. The highest BCUT2D eigenvalue weighted by Crippen LogP contribution is 2.12. The summed E-state index contributed by atoms with van der Waals surface area (Å²) in [6.45, 7) is 2.19. The van der Waals surface area contributed by atoms with Crippen molar-refractivity contribution in [3.63, 3.8) is 0 Å². The number of ether oxygens (including phenoxy) is 1. The van der Waals surface area contributed by atoms with Gasteiger partial charge in [0.1, 0.15) is 11.0 Å². The van der Waals surface area contributed by atoms with Crippen LogP contribution in [0.4, 0.5) is 0 Å². The van der Waals surface area contributed by atoms with Crippen molar-refractivity contribution < 1.29 is 9.53 Å². The van der Waals surface area contributed by atoms with Gasteiger partial charge in [0.15, 0.2) is 0 Å². The van der Waals surface area contributed by atoms with Gasteiger partial charge in [0, 0.05) is 19.3 Å². The van der Waals surface area contributed by atoms with Crippen LogP contribution < -0.4 is 11.5 Å². The van der Waals surface area contributed by atoms with Gasteiger partial charge in [-0.25, -0.2) is 0 Å². The van der Waals surface area contributed by atoms with Crippen molar-refractivity contribution in [3.05, 3.63) is 29.6 Å². The molecular formula is C12H16N4O2S. The highest BCUT2D eigenvalue weighted by Gasteiger charge is 2.27. The number of primary amides is 1. The Labute approximate surface area is 116 Å². The predicted molar refractivity (Wildman–Crippen MR) is 74.3 cm³/mol. The Morgan fingerprint density at radius 2 is 2.37 bits per heavy atom. The Hall–Kier alpha value is -1.57. The smallest absolute Gasteiger partial charge is 0.237 e. The molecule has 0 aromatic carbocycles. The fourth-order valence-electron chi connectivity index (χ4n) is 2.03. The van der Waals surface area contributed by atoms with Crippen molar-refractivity contribution in [1.29, 1.82) is 0 Å². The van der Waals surface area contributed by atoms with Crippen molar-refractivity contribution in [2.75, 3.05) is 19.8 Å². The highest BCUT2D eigenvalue weighted by molar-refractivity contribution is 7.80. The van der Waals surface area contributed by atoms with Gasteiger partial charge < -0.3 is 16.2 Å². The molecule has 1 aliphatic rings. The van der Waals surface area contributed by atoms with Crippen LogP contribution in [-0.4, -0.2) is 46.6 Å². The van der Waals surface area contributed by atoms with Crippen LogP contribution >= 0.6 is 12.2 Å². The number of aromatic nitrogens is 1. The van der Waals surface area contributed by atoms with Crippen LogP contribution in [0.15, 0.2) is 18.3 Å². The van der Waals surface area contributed by atoms with Crippen molar-refractivity contribution in [2.24, 2.45) is 11.5 Å². The van der Waals surface area contributed by atoms with E-state index < -0.39 is 6.04 Å². The summed E-state index contributed by atoms with van der Waals surface area (Å²) in [4.78, 5) is 17.7. The molecule has 2 rings (SSSR count). The molecule has 1 aromatic rings. The van der Waals surface area contributed by atoms with Gasteiger partial charge in [-0.1, -0.05) is 12.2 Å². The maximum atomic E-state index is 11.4. The van der Waals surface area contributed by atoms with E-state index in [-0.39, 0.29) is 10.9 Å². The minimum Gasteiger partial charge on any atom is -0.388 e. The van der Waals surface area contributed by atoms with E-state index in [9.17, 15) is 4.79 Å². The lowest BCUT2D eigenvalue weighted by molar-refractivity contribution is -0.129. The number of thiocarbonyl (C=S) groups is 1. The minimum atomic E-state index is -0.393. The summed E-state index contributed by atoms with van der Waals surface area (Å²) in [5.74, 6) is -0.372. The van der Waals surface area contributed by atoms with E-state index in [1.54, 1.807) is 6.20 Å². The summed E-state index contributed by atoms with van der Waals surface area (Å²) in [6.07, 6.45) is 1.66. The van der Waals surface area contributed by atoms with Gasteiger partial charge in [0.05, 0.1) is 18.9 Å². The third-order valence-corrected chi connectivity index (χ3v) is 3.24. The molecule has 2 heterocycles. The van der Waals surface area contributed by atoms with E-state index in [1.807, 2.05) is 17.0 Å². The SMILES string of the molecule is NC(=O)C1COCCN1Cc1ccnc(C(N)=S)c1. The molecule has 4 N–H and O–H groups in total. The van der Waals surface area contributed by atoms with Crippen molar-refractivity contribution in [3.8, 4) is 0 Å². The van der Waals surface area contributed by atoms with Gasteiger partial charge in [-0.2, -0.15) is 0 Å². The Kier molecular flexibility index (Phi) is 4.41. The number of hydrogen-bond donors (Lipinski definition) is 2. The largest absolute Gasteiger partial charge is 0.388 e. The summed E-state index contributed by atoms with van der Waals surface area (Å²) in [5.41, 5.74) is 12.5. The number of nitrogens with zero attached hydrogens (tertiary/aromatic N) is 2. The van der Waals surface area contributed by atoms with E-state index >= 15 is 0 Å². The summed E-state index contributed by atoms with van der Waals surface area (Å²) in [7, 11) is 0. The lowest BCUT2D eigenvalue weighted by Gasteiger charge is -2.33. The van der Waals surface area contributed by atoms with Gasteiger partial charge in [-0.05, 0) is 17.7 Å². The molecule has 1 aliphatic heterocycles. The van der Waals surface area contributed by atoms with E-state index in [0.717, 1.165) is 5.56 Å². The molecule has 19 heavy (non-hydrogen) atoms. The van der Waals surface area contributed by atoms with Crippen molar-refractivity contribution in [1.82, 2.24) is 9.88 Å². The van der Waals surface area contributed by atoms with E-state index in [1.165, 1.54) is 0 Å². The molecular weight excluding hydrogens is 264 g/mol. The van der Waals surface area contributed by atoms with Crippen molar-refractivity contribution in [2.45, 2.75) is 12.6 Å². The second-order valence-electron chi connectivity index (χ2n) is 4.38. The number of hydrogen-bond acceptors (Lipinski definition) is 5. The number of nitrogens with two attached hydrogens (primary N) is 2. The zero-order chi connectivity index (χ0) is 13.8. The van der Waals surface area contributed by atoms with Gasteiger partial charge in [-0.15, -0.1) is 0 Å². The molecule has 0 bridgehead atoms. The molecule has 102 valence electrons. The normalized spacial score (nSPS) is 20.1. The molecule has 1 aromatic heterocycles. The number of rotatable bonds is 4. The quantitative estimate of drug-likeness (QED) is 0.715. The van der Waals surface area contributed by atoms with E-state index in [0.29, 0.717) is 32.0 Å². The molecule has 0 aliphatic carbocycles. The zero-order valence-electron chi connectivity index (χ0n) is 10.4. The first-order valence-electron chi connectivity index (χ1n) is 5.94. The standard InChI is InChI=1S/C12H16N4O2S/c13-11(17)10-7-18-4-3-16(10)6-8-1-2-15-9(5-8)12(14)19/h1-2,5,10H,3-4,6-7H2,(H2,13,17)(H2,14,19). The fraction of sp³-hybridized carbons (Fsp3) is 0.417. The Bertz CT molecular complexity index is 494. The maximum absolute atomic E-state index is 11.4. The topological polar surface area (TPSA) is 94.5 Å². The number of carbonyl (C=O) groups is 1. The molecule has 1 fully saturated rings. The Morgan fingerprint density at radius 3 is 3.05 bits per heavy atom. The second kappa shape index (κ2) is 6.05. The lowest BCUT2D eigenvalue weighted by atomic mass is 10.1. The Balaban J connectivity index is 2.12. The summed E-state index contributed by atoms with van der Waals surface area (Å²) in [5, 5.41) is 0. The molecule has 6 nitrogen and oxygen atoms in total. The van der Waals surface area contributed by atoms with Crippen LogP contribution in [0.3, 0.4) is 0 Å². The first kappa shape index (κ1) is 13.9. The van der Waals surface area contributed by atoms with Crippen LogP contribution in [0.1, 0.15) is 11.3 Å². The molecule has 1 atom stereocenters. The average Bonchev–Trinajstić information content (AvgIpc) is 2.39. The molecule has 0 saturated carbocycles. The molecule has 7 heteroatoms. The molecule has 1 saturated heterocycles. The first-order valence-corrected chi connectivity index (χ1v) is 6.34. The summed E-state index contributed by atoms with van der Waals surface area (Å²) in [6, 6.07) is 3.31. The first-order chi connectivity index (χ1) is 9.08. The van der Waals surface area contributed by atoms with Crippen LogP contribution in [0, 0.1) is 0 Å².